The number of aliphatic carboxylic acids is 1. The number of carboxylic acid groups (broad SMARTS) is 1. The van der Waals surface area contributed by atoms with Crippen LogP contribution in [-0.2, 0) is 28.7 Å². The summed E-state index contributed by atoms with van der Waals surface area (Å²) in [5, 5.41) is 11.4. The van der Waals surface area contributed by atoms with Gasteiger partial charge in [-0.05, 0) is 50.7 Å². The zero-order valence-corrected chi connectivity index (χ0v) is 29.1. The van der Waals surface area contributed by atoms with E-state index in [2.05, 4.69) is 60.8 Å². The van der Waals surface area contributed by atoms with Crippen LogP contribution < -0.4 is 10.1 Å². The third kappa shape index (κ3) is 20.1. The van der Waals surface area contributed by atoms with Crippen LogP contribution in [0.25, 0.3) is 0 Å². The van der Waals surface area contributed by atoms with Gasteiger partial charge in [0.15, 0.2) is 6.10 Å². The van der Waals surface area contributed by atoms with Crippen molar-refractivity contribution in [3.05, 3.63) is 103 Å². The largest absolute Gasteiger partial charge is 0.481 e. The van der Waals surface area contributed by atoms with E-state index in [1.807, 2.05) is 18.2 Å². The average Bonchev–Trinajstić information content (AvgIpc) is 3.05. The van der Waals surface area contributed by atoms with Crippen molar-refractivity contribution < 1.29 is 43.3 Å². The second-order valence-electron chi connectivity index (χ2n) is 11.6. The number of hydrogen-bond acceptors (Lipinski definition) is 8. The topological polar surface area (TPSA) is 145 Å². The lowest BCUT2D eigenvalue weighted by Gasteiger charge is -2.32. The summed E-state index contributed by atoms with van der Waals surface area (Å²) in [6.45, 7) is 5.97. The number of carbonyl (C=O) groups excluding carboxylic acids is 4. The highest BCUT2D eigenvalue weighted by molar-refractivity contribution is 5.95. The molecule has 0 aromatic heterocycles. The molecule has 1 atom stereocenters. The Morgan fingerprint density at radius 2 is 1.31 bits per heavy atom. The summed E-state index contributed by atoms with van der Waals surface area (Å²) >= 11 is 0. The first-order valence-corrected chi connectivity index (χ1v) is 16.5. The Morgan fingerprint density at radius 3 is 1.82 bits per heavy atom. The van der Waals surface area contributed by atoms with Gasteiger partial charge in [-0.15, -0.1) is 0 Å². The number of rotatable bonds is 23. The van der Waals surface area contributed by atoms with Gasteiger partial charge in [0.2, 0.25) is 0 Å². The lowest BCUT2D eigenvalue weighted by atomic mass is 9.86. The van der Waals surface area contributed by atoms with Gasteiger partial charge in [0, 0.05) is 18.9 Å². The van der Waals surface area contributed by atoms with Gasteiger partial charge in [-0.1, -0.05) is 106 Å². The van der Waals surface area contributed by atoms with Gasteiger partial charge < -0.3 is 24.6 Å². The van der Waals surface area contributed by atoms with Gasteiger partial charge in [-0.2, -0.15) is 0 Å². The summed E-state index contributed by atoms with van der Waals surface area (Å²) < 4.78 is 16.1. The van der Waals surface area contributed by atoms with Crippen molar-refractivity contribution in [2.75, 3.05) is 13.2 Å². The molecule has 49 heavy (non-hydrogen) atoms. The van der Waals surface area contributed by atoms with Crippen molar-refractivity contribution in [1.82, 2.24) is 5.32 Å². The molecule has 0 saturated heterocycles. The number of benzene rings is 1. The number of carbonyl (C=O) groups is 5. The van der Waals surface area contributed by atoms with Crippen molar-refractivity contribution in [3.8, 4) is 5.75 Å². The SMILES string of the molecule is CC/C=C\C/C=C\C/C=C\C/C=C\C/C=C\C/C=C\CC(=O)OCC(C)(C)C(OC(=O)c1ccccc1OC(C)=O)C(=O)NCCC(=O)O. The maximum absolute atomic E-state index is 13.1. The Kier molecular flexibility index (Phi) is 21.5. The molecule has 0 aliphatic rings. The van der Waals surface area contributed by atoms with Crippen LogP contribution >= 0.6 is 0 Å². The van der Waals surface area contributed by atoms with Crippen LogP contribution in [0.1, 0.15) is 89.4 Å². The van der Waals surface area contributed by atoms with Crippen molar-refractivity contribution in [3.63, 3.8) is 0 Å². The molecule has 1 aromatic rings. The number of nitrogens with one attached hydrogen (secondary N) is 1. The van der Waals surface area contributed by atoms with Crippen LogP contribution in [0.2, 0.25) is 0 Å². The van der Waals surface area contributed by atoms with E-state index < -0.39 is 41.3 Å². The summed E-state index contributed by atoms with van der Waals surface area (Å²) in [6.07, 6.45) is 28.3. The van der Waals surface area contributed by atoms with E-state index in [0.29, 0.717) is 6.42 Å². The molecule has 266 valence electrons. The smallest absolute Gasteiger partial charge is 0.342 e. The average molecular weight is 678 g/mol. The van der Waals surface area contributed by atoms with Gasteiger partial charge in [0.05, 0.1) is 12.8 Å². The lowest BCUT2D eigenvalue weighted by Crippen LogP contribution is -2.49. The van der Waals surface area contributed by atoms with Crippen LogP contribution in [-0.4, -0.2) is 54.1 Å². The molecule has 0 aliphatic carbocycles. The molecule has 1 aromatic carbocycles. The van der Waals surface area contributed by atoms with E-state index in [1.54, 1.807) is 26.0 Å². The lowest BCUT2D eigenvalue weighted by molar-refractivity contribution is -0.153. The number of allylic oxidation sites excluding steroid dienone is 11. The Labute approximate surface area is 290 Å². The molecule has 10 nitrogen and oxygen atoms in total. The number of carboxylic acids is 1. The molecule has 0 radical (unpaired) electrons. The van der Waals surface area contributed by atoms with Gasteiger partial charge in [0.1, 0.15) is 17.9 Å². The molecule has 0 bridgehead atoms. The summed E-state index contributed by atoms with van der Waals surface area (Å²) in [5.74, 6) is -4.07. The first kappa shape index (κ1) is 42.0. The Hall–Kier alpha value is -4.99. The minimum absolute atomic E-state index is 0.00576. The Bertz CT molecular complexity index is 1380. The minimum Gasteiger partial charge on any atom is -0.481 e. The standard InChI is InChI=1S/C39H51NO9/c1-5-6-7-8-9-10-11-12-13-14-15-16-17-18-19-20-21-22-27-35(44)47-30-39(3,4)36(37(45)40-29-28-34(42)43)49-38(46)32-25-23-24-26-33(32)48-31(2)41/h6-7,9-10,12-13,15-16,18-19,21-26,36H,5,8,11,14,17,20,27-30H2,1-4H3,(H,40,45)(H,42,43)/b7-6-,10-9-,13-12-,16-15-,19-18-,22-21-. The normalized spacial score (nSPS) is 12.8. The highest BCUT2D eigenvalue weighted by Crippen LogP contribution is 2.28. The predicted molar refractivity (Wildman–Crippen MR) is 190 cm³/mol. The minimum atomic E-state index is -1.47. The molecule has 0 saturated carbocycles. The fourth-order valence-electron chi connectivity index (χ4n) is 4.11. The van der Waals surface area contributed by atoms with Gasteiger partial charge in [0.25, 0.3) is 5.91 Å². The van der Waals surface area contributed by atoms with Crippen molar-refractivity contribution in [2.45, 2.75) is 85.2 Å². The summed E-state index contributed by atoms with van der Waals surface area (Å²) in [6, 6.07) is 5.88. The quantitative estimate of drug-likeness (QED) is 0.0688. The van der Waals surface area contributed by atoms with Gasteiger partial charge >= 0.3 is 23.9 Å². The summed E-state index contributed by atoms with van der Waals surface area (Å²) in [4.78, 5) is 61.0. The molecular weight excluding hydrogens is 626 g/mol. The van der Waals surface area contributed by atoms with E-state index in [-0.39, 0.29) is 37.3 Å². The van der Waals surface area contributed by atoms with E-state index in [4.69, 9.17) is 19.3 Å². The Morgan fingerprint density at radius 1 is 0.796 bits per heavy atom. The molecule has 0 spiro atoms. The van der Waals surface area contributed by atoms with Crippen molar-refractivity contribution >= 4 is 29.8 Å². The van der Waals surface area contributed by atoms with Crippen molar-refractivity contribution in [1.29, 1.82) is 0 Å². The summed E-state index contributed by atoms with van der Waals surface area (Å²) in [5.41, 5.74) is -1.31. The van der Waals surface area contributed by atoms with Crippen LogP contribution in [0.15, 0.2) is 97.2 Å². The van der Waals surface area contributed by atoms with Gasteiger partial charge in [-0.25, -0.2) is 4.79 Å². The second kappa shape index (κ2) is 25.1. The number of para-hydroxylation sites is 1. The van der Waals surface area contributed by atoms with Crippen LogP contribution in [0.3, 0.4) is 0 Å². The molecule has 1 unspecified atom stereocenters. The number of esters is 3. The molecule has 10 heteroatoms. The highest BCUT2D eigenvalue weighted by Gasteiger charge is 2.40. The maximum atomic E-state index is 13.1. The van der Waals surface area contributed by atoms with Crippen LogP contribution in [0, 0.1) is 5.41 Å². The number of ether oxygens (including phenoxy) is 3. The fraction of sp³-hybridized carbons (Fsp3) is 0.410. The first-order valence-electron chi connectivity index (χ1n) is 16.5. The fourth-order valence-corrected chi connectivity index (χ4v) is 4.11. The molecule has 1 rings (SSSR count). The maximum Gasteiger partial charge on any atom is 0.342 e. The van der Waals surface area contributed by atoms with E-state index in [1.165, 1.54) is 25.1 Å². The predicted octanol–water partition coefficient (Wildman–Crippen LogP) is 7.39. The zero-order chi connectivity index (χ0) is 36.3. The van der Waals surface area contributed by atoms with Crippen LogP contribution in [0.5, 0.6) is 5.75 Å². The number of hydrogen-bond donors (Lipinski definition) is 2. The van der Waals surface area contributed by atoms with Crippen LogP contribution in [0.4, 0.5) is 0 Å². The molecular formula is C39H51NO9. The third-order valence-electron chi connectivity index (χ3n) is 6.66. The van der Waals surface area contributed by atoms with Gasteiger partial charge in [-0.3, -0.25) is 19.2 Å². The molecule has 0 aliphatic heterocycles. The van der Waals surface area contributed by atoms with E-state index in [0.717, 1.165) is 32.1 Å². The zero-order valence-electron chi connectivity index (χ0n) is 29.1. The molecule has 0 fully saturated rings. The third-order valence-corrected chi connectivity index (χ3v) is 6.66. The highest BCUT2D eigenvalue weighted by atomic mass is 16.6. The Balaban J connectivity index is 2.60. The van der Waals surface area contributed by atoms with Crippen molar-refractivity contribution in [2.24, 2.45) is 5.41 Å². The second-order valence-corrected chi connectivity index (χ2v) is 11.6. The van der Waals surface area contributed by atoms with E-state index in [9.17, 15) is 24.0 Å². The molecule has 1 amide bonds. The monoisotopic (exact) mass is 677 g/mol. The number of amides is 1. The molecule has 2 N–H and O–H groups in total. The first-order chi connectivity index (χ1) is 23.5. The van der Waals surface area contributed by atoms with E-state index >= 15 is 0 Å². The summed E-state index contributed by atoms with van der Waals surface area (Å²) in [7, 11) is 0. The molecule has 0 heterocycles.